The number of carbonyl (C=O) groups excluding carboxylic acids is 3. The molecule has 0 radical (unpaired) electrons. The Hall–Kier alpha value is -5.00. The smallest absolute Gasteiger partial charge is 0.250 e. The molecule has 2 atom stereocenters. The highest BCUT2D eigenvalue weighted by Gasteiger charge is 2.32. The van der Waals surface area contributed by atoms with Crippen molar-refractivity contribution in [2.24, 2.45) is 5.73 Å². The third-order valence-corrected chi connectivity index (χ3v) is 7.82. The predicted octanol–water partition coefficient (Wildman–Crippen LogP) is 3.83. The number of nitrogens with zero attached hydrogens (tertiary/aromatic N) is 4. The van der Waals surface area contributed by atoms with E-state index in [2.05, 4.69) is 32.7 Å². The van der Waals surface area contributed by atoms with Gasteiger partial charge in [-0.3, -0.25) is 14.4 Å². The summed E-state index contributed by atoms with van der Waals surface area (Å²) in [6.07, 6.45) is 3.16. The number of benzene rings is 3. The van der Waals surface area contributed by atoms with E-state index in [4.69, 9.17) is 10.5 Å². The highest BCUT2D eigenvalue weighted by Crippen LogP contribution is 2.24. The number of carbonyl (C=O) groups is 3. The number of amides is 3. The molecule has 4 aromatic rings. The van der Waals surface area contributed by atoms with Gasteiger partial charge in [-0.25, -0.2) is 4.98 Å². The largest absolute Gasteiger partial charge is 0.374 e. The van der Waals surface area contributed by atoms with Gasteiger partial charge < -0.3 is 35.5 Å². The number of piperazine rings is 1. The van der Waals surface area contributed by atoms with Crippen molar-refractivity contribution < 1.29 is 19.1 Å². The number of ether oxygens (including phenoxy) is 1. The molecule has 0 saturated carbocycles. The van der Waals surface area contributed by atoms with Crippen molar-refractivity contribution in [2.75, 3.05) is 43.0 Å². The van der Waals surface area contributed by atoms with Crippen LogP contribution in [0.4, 0.5) is 11.5 Å². The first-order valence-corrected chi connectivity index (χ1v) is 15.4. The van der Waals surface area contributed by atoms with Gasteiger partial charge in [0.1, 0.15) is 12.1 Å². The fourth-order valence-corrected chi connectivity index (χ4v) is 5.23. The van der Waals surface area contributed by atoms with Gasteiger partial charge in [-0.2, -0.15) is 0 Å². The predicted molar refractivity (Wildman–Crippen MR) is 184 cm³/mol. The lowest BCUT2D eigenvalue weighted by atomic mass is 10.0. The highest BCUT2D eigenvalue weighted by molar-refractivity contribution is 5.98. The lowest BCUT2D eigenvalue weighted by Gasteiger charge is -2.37. The van der Waals surface area contributed by atoms with Crippen LogP contribution in [-0.2, 0) is 25.7 Å². The van der Waals surface area contributed by atoms with Gasteiger partial charge in [-0.15, -0.1) is 0 Å². The number of hydrogen-bond donors (Lipinski definition) is 3. The van der Waals surface area contributed by atoms with Crippen LogP contribution < -0.4 is 21.3 Å². The van der Waals surface area contributed by atoms with E-state index in [9.17, 15) is 14.4 Å². The molecule has 3 amide bonds. The zero-order chi connectivity index (χ0) is 32.5. The first-order valence-electron chi connectivity index (χ1n) is 15.4. The fraction of sp³-hybridized carbons (Fsp3) is 0.333. The van der Waals surface area contributed by atoms with Crippen molar-refractivity contribution in [3.63, 3.8) is 0 Å². The maximum atomic E-state index is 14.0. The zero-order valence-corrected chi connectivity index (χ0v) is 26.2. The summed E-state index contributed by atoms with van der Waals surface area (Å²) in [7, 11) is 0. The van der Waals surface area contributed by atoms with Crippen molar-refractivity contribution in [3.05, 3.63) is 115 Å². The molecule has 248 valence electrons. The minimum atomic E-state index is -1.20. The van der Waals surface area contributed by atoms with Crippen LogP contribution in [-0.4, -0.2) is 76.5 Å². The Bertz CT molecular complexity index is 1580. The number of aromatic nitrogens is 2. The lowest BCUT2D eigenvalue weighted by Crippen LogP contribution is -2.56. The molecule has 0 aliphatic carbocycles. The first-order chi connectivity index (χ1) is 22.2. The second-order valence-corrected chi connectivity index (χ2v) is 11.9. The van der Waals surface area contributed by atoms with Gasteiger partial charge in [-0.1, -0.05) is 86.3 Å². The Labute approximate surface area is 276 Å². The summed E-state index contributed by atoms with van der Waals surface area (Å²) in [5.74, 6) is -0.833. The number of nitrogens with one attached hydrogen (secondary N) is 2. The molecule has 11 heteroatoms. The van der Waals surface area contributed by atoms with Gasteiger partial charge in [0.05, 0.1) is 25.1 Å². The average molecular weight is 640 g/mol. The second-order valence-electron chi connectivity index (χ2n) is 11.9. The zero-order valence-electron chi connectivity index (χ0n) is 26.2. The number of nitrogens with two attached hydrogens (primary N) is 1. The Morgan fingerprint density at radius 3 is 2.11 bits per heavy atom. The number of imidazole rings is 1. The molecule has 11 nitrogen and oxygen atoms in total. The molecule has 1 fully saturated rings. The van der Waals surface area contributed by atoms with E-state index in [1.807, 2.05) is 83.8 Å². The summed E-state index contributed by atoms with van der Waals surface area (Å²) < 4.78 is 7.50. The van der Waals surface area contributed by atoms with E-state index < -0.39 is 29.4 Å². The molecule has 1 aliphatic heterocycles. The number of anilines is 2. The van der Waals surface area contributed by atoms with Crippen LogP contribution in [0.2, 0.25) is 0 Å². The maximum absolute atomic E-state index is 14.0. The molecule has 0 spiro atoms. The van der Waals surface area contributed by atoms with Crippen LogP contribution in [0.25, 0.3) is 0 Å². The molecule has 1 saturated heterocycles. The summed E-state index contributed by atoms with van der Waals surface area (Å²) in [6, 6.07) is 27.5. The van der Waals surface area contributed by atoms with Crippen LogP contribution in [0.5, 0.6) is 0 Å². The number of hydrogen-bond acceptors (Lipinski definition) is 7. The van der Waals surface area contributed by atoms with Gasteiger partial charge in [0.15, 0.2) is 5.82 Å². The first kappa shape index (κ1) is 34.9. The molecule has 3 aromatic carbocycles. The standard InChI is InChI=1S/C35H41N7O4.CH4/c1-35(2,36)34(45)38-29(24-46-23-26-12-6-3-7-13-26)32(43)39-30-22-42(25-37-30)31(27-14-8-4-9-15-27)33(44)41-20-18-40(19-21-41)28-16-10-5-11-17-28;/h3-17,22,25,29,31H,18-21,23-24,36H2,1-2H3,(H,38,45)(H,39,43);1H4/t29-,31?;/m1./s1. The third-order valence-electron chi connectivity index (χ3n) is 7.82. The minimum Gasteiger partial charge on any atom is -0.374 e. The van der Waals surface area contributed by atoms with Gasteiger partial charge in [0, 0.05) is 38.1 Å². The summed E-state index contributed by atoms with van der Waals surface area (Å²) in [6.45, 7) is 5.92. The quantitative estimate of drug-likeness (QED) is 0.215. The third kappa shape index (κ3) is 9.27. The molecule has 47 heavy (non-hydrogen) atoms. The van der Waals surface area contributed by atoms with Gasteiger partial charge >= 0.3 is 0 Å². The summed E-state index contributed by atoms with van der Waals surface area (Å²) in [5.41, 5.74) is 7.66. The topological polar surface area (TPSA) is 135 Å². The molecular weight excluding hydrogens is 594 g/mol. The average Bonchev–Trinajstić information content (AvgIpc) is 3.52. The van der Waals surface area contributed by atoms with E-state index >= 15 is 0 Å². The van der Waals surface area contributed by atoms with E-state index in [0.29, 0.717) is 13.1 Å². The number of para-hydroxylation sites is 1. The van der Waals surface area contributed by atoms with E-state index in [1.165, 1.54) is 6.33 Å². The lowest BCUT2D eigenvalue weighted by molar-refractivity contribution is -0.133. The SMILES string of the molecule is C.CC(C)(N)C(=O)N[C@H](COCc1ccccc1)C(=O)Nc1cn(C(C(=O)N2CCN(c3ccccc3)CC2)c2ccccc2)cn1. The van der Waals surface area contributed by atoms with Crippen LogP contribution in [0, 0.1) is 0 Å². The Morgan fingerprint density at radius 1 is 0.894 bits per heavy atom. The monoisotopic (exact) mass is 639 g/mol. The van der Waals surface area contributed by atoms with Crippen molar-refractivity contribution in [3.8, 4) is 0 Å². The Morgan fingerprint density at radius 2 is 1.49 bits per heavy atom. The summed E-state index contributed by atoms with van der Waals surface area (Å²) >= 11 is 0. The molecule has 4 N–H and O–H groups in total. The van der Waals surface area contributed by atoms with Crippen molar-refractivity contribution in [1.29, 1.82) is 0 Å². The molecule has 2 heterocycles. The Balaban J connectivity index is 0.00000500. The maximum Gasteiger partial charge on any atom is 0.250 e. The second kappa shape index (κ2) is 16.0. The van der Waals surface area contributed by atoms with Crippen molar-refractivity contribution >= 4 is 29.2 Å². The molecule has 5 rings (SSSR count). The van der Waals surface area contributed by atoms with E-state index in [0.717, 1.165) is 29.9 Å². The van der Waals surface area contributed by atoms with Gasteiger partial charge in [0.25, 0.3) is 5.91 Å². The fourth-order valence-electron chi connectivity index (χ4n) is 5.23. The normalized spacial score (nSPS) is 14.4. The van der Waals surface area contributed by atoms with E-state index in [1.54, 1.807) is 24.6 Å². The van der Waals surface area contributed by atoms with Crippen LogP contribution in [0.15, 0.2) is 104 Å². The van der Waals surface area contributed by atoms with Crippen LogP contribution in [0.1, 0.15) is 38.4 Å². The van der Waals surface area contributed by atoms with E-state index in [-0.39, 0.29) is 32.4 Å². The molecule has 1 unspecified atom stereocenters. The molecule has 1 aromatic heterocycles. The summed E-state index contributed by atoms with van der Waals surface area (Å²) in [5, 5.41) is 5.47. The Kier molecular flexibility index (Phi) is 11.9. The molecule has 0 bridgehead atoms. The highest BCUT2D eigenvalue weighted by atomic mass is 16.5. The molecule has 1 aliphatic rings. The van der Waals surface area contributed by atoms with Crippen molar-refractivity contribution in [1.82, 2.24) is 19.8 Å². The van der Waals surface area contributed by atoms with Crippen LogP contribution in [0.3, 0.4) is 0 Å². The van der Waals surface area contributed by atoms with Gasteiger partial charge in [-0.05, 0) is 37.1 Å². The van der Waals surface area contributed by atoms with Crippen molar-refractivity contribution in [2.45, 2.75) is 45.5 Å². The number of rotatable bonds is 12. The minimum absolute atomic E-state index is 0. The molecular formula is C36H45N7O4. The van der Waals surface area contributed by atoms with Crippen LogP contribution >= 0.6 is 0 Å². The van der Waals surface area contributed by atoms with Gasteiger partial charge in [0.2, 0.25) is 11.8 Å². The summed E-state index contributed by atoms with van der Waals surface area (Å²) in [4.78, 5) is 48.7.